The fourth-order valence-corrected chi connectivity index (χ4v) is 3.17. The summed E-state index contributed by atoms with van der Waals surface area (Å²) in [6, 6.07) is 8.01. The number of carbonyl (C=O) groups is 1. The lowest BCUT2D eigenvalue weighted by Crippen LogP contribution is -2.06. The number of hydrogen-bond acceptors (Lipinski definition) is 3. The van der Waals surface area contributed by atoms with Crippen LogP contribution in [0.15, 0.2) is 36.4 Å². The van der Waals surface area contributed by atoms with Gasteiger partial charge in [0, 0.05) is 5.56 Å². The molecule has 0 amide bonds. The molecule has 1 aliphatic carbocycles. The van der Waals surface area contributed by atoms with E-state index in [1.165, 1.54) is 19.2 Å². The summed E-state index contributed by atoms with van der Waals surface area (Å²) in [5.74, 6) is -0.801. The largest absolute Gasteiger partial charge is 0.496 e. The molecule has 2 aromatic rings. The third-order valence-corrected chi connectivity index (χ3v) is 4.35. The van der Waals surface area contributed by atoms with Gasteiger partial charge in [-0.15, -0.1) is 0 Å². The van der Waals surface area contributed by atoms with Crippen LogP contribution in [-0.2, 0) is 6.18 Å². The Hall–Kier alpha value is -2.83. The first-order valence-electron chi connectivity index (χ1n) is 7.99. The number of ether oxygens (including phenoxy) is 1. The predicted molar refractivity (Wildman–Crippen MR) is 89.9 cm³/mol. The van der Waals surface area contributed by atoms with Crippen LogP contribution in [0, 0.1) is 0 Å². The molecule has 136 valence electrons. The molecule has 1 N–H and O–H groups in total. The van der Waals surface area contributed by atoms with Gasteiger partial charge >= 0.3 is 12.1 Å². The minimum absolute atomic E-state index is 0.0998. The molecule has 0 atom stereocenters. The Morgan fingerprint density at radius 1 is 1.15 bits per heavy atom. The van der Waals surface area contributed by atoms with E-state index in [9.17, 15) is 18.0 Å². The lowest BCUT2D eigenvalue weighted by Gasteiger charge is -2.15. The van der Waals surface area contributed by atoms with Crippen LogP contribution in [0.1, 0.15) is 46.6 Å². The first kappa shape index (κ1) is 18.0. The summed E-state index contributed by atoms with van der Waals surface area (Å²) in [4.78, 5) is 15.3. The molecule has 1 heterocycles. The second kappa shape index (κ2) is 6.82. The van der Waals surface area contributed by atoms with Crippen molar-refractivity contribution in [3.05, 3.63) is 58.9 Å². The smallest absolute Gasteiger partial charge is 0.416 e. The van der Waals surface area contributed by atoms with Gasteiger partial charge in [-0.3, -0.25) is 0 Å². The normalized spacial score (nSPS) is 14.6. The molecule has 0 bridgehead atoms. The second-order valence-corrected chi connectivity index (χ2v) is 5.94. The van der Waals surface area contributed by atoms with Crippen molar-refractivity contribution in [3.63, 3.8) is 0 Å². The number of aromatic nitrogens is 1. The van der Waals surface area contributed by atoms with Gasteiger partial charge in [0.1, 0.15) is 11.4 Å². The highest BCUT2D eigenvalue weighted by Gasteiger charge is 2.32. The standard InChI is InChI=1S/C19H16F3NO3/c1-26-17-9-8-11(19(20,21)22)10-14(17)12-4-2-5-13(12)15-6-3-7-16(23-15)18(24)25/h3,6-10H,2,4-5H2,1H3,(H,24,25). The number of hydrogen-bond donors (Lipinski definition) is 1. The van der Waals surface area contributed by atoms with E-state index in [4.69, 9.17) is 9.84 Å². The van der Waals surface area contributed by atoms with Gasteiger partial charge in [0.15, 0.2) is 0 Å². The number of halogens is 3. The zero-order valence-electron chi connectivity index (χ0n) is 13.9. The number of nitrogens with zero attached hydrogens (tertiary/aromatic N) is 1. The van der Waals surface area contributed by atoms with E-state index in [0.29, 0.717) is 35.4 Å². The average molecular weight is 363 g/mol. The first-order valence-corrected chi connectivity index (χ1v) is 7.99. The van der Waals surface area contributed by atoms with Crippen LogP contribution < -0.4 is 4.74 Å². The third kappa shape index (κ3) is 3.42. The molecular weight excluding hydrogens is 347 g/mol. The summed E-state index contributed by atoms with van der Waals surface area (Å²) in [5, 5.41) is 9.12. The quantitative estimate of drug-likeness (QED) is 0.839. The van der Waals surface area contributed by atoms with E-state index >= 15 is 0 Å². The van der Waals surface area contributed by atoms with Gasteiger partial charge in [-0.2, -0.15) is 13.2 Å². The van der Waals surface area contributed by atoms with Gasteiger partial charge in [-0.05, 0) is 60.7 Å². The van der Waals surface area contributed by atoms with Crippen molar-refractivity contribution in [2.75, 3.05) is 7.11 Å². The number of carboxylic acid groups (broad SMARTS) is 1. The van der Waals surface area contributed by atoms with Gasteiger partial charge in [0.25, 0.3) is 0 Å². The third-order valence-electron chi connectivity index (χ3n) is 4.35. The molecule has 4 nitrogen and oxygen atoms in total. The summed E-state index contributed by atoms with van der Waals surface area (Å²) in [6.07, 6.45) is -2.51. The highest BCUT2D eigenvalue weighted by Crippen LogP contribution is 2.44. The van der Waals surface area contributed by atoms with E-state index in [2.05, 4.69) is 4.98 Å². The first-order chi connectivity index (χ1) is 12.3. The molecule has 0 saturated heterocycles. The Morgan fingerprint density at radius 3 is 2.54 bits per heavy atom. The molecule has 1 aromatic carbocycles. The number of rotatable bonds is 4. The average Bonchev–Trinajstić information content (AvgIpc) is 3.10. The Balaban J connectivity index is 2.16. The molecule has 3 rings (SSSR count). The van der Waals surface area contributed by atoms with E-state index in [1.54, 1.807) is 12.1 Å². The van der Waals surface area contributed by atoms with Crippen LogP contribution in [0.25, 0.3) is 11.1 Å². The van der Waals surface area contributed by atoms with Crippen LogP contribution in [0.4, 0.5) is 13.2 Å². The lowest BCUT2D eigenvalue weighted by atomic mass is 9.97. The summed E-state index contributed by atoms with van der Waals surface area (Å²) >= 11 is 0. The van der Waals surface area contributed by atoms with E-state index in [0.717, 1.165) is 24.1 Å². The maximum absolute atomic E-state index is 13.1. The van der Waals surface area contributed by atoms with Crippen LogP contribution in [0.2, 0.25) is 0 Å². The van der Waals surface area contributed by atoms with Crippen LogP contribution in [-0.4, -0.2) is 23.2 Å². The number of alkyl halides is 3. The number of carboxylic acids is 1. The van der Waals surface area contributed by atoms with Gasteiger partial charge in [0.2, 0.25) is 0 Å². The number of allylic oxidation sites excluding steroid dienone is 2. The number of aromatic carboxylic acids is 1. The van der Waals surface area contributed by atoms with Crippen LogP contribution in [0.3, 0.4) is 0 Å². The molecule has 1 aliphatic rings. The lowest BCUT2D eigenvalue weighted by molar-refractivity contribution is -0.137. The zero-order valence-corrected chi connectivity index (χ0v) is 13.9. The van der Waals surface area contributed by atoms with Crippen molar-refractivity contribution in [3.8, 4) is 5.75 Å². The minimum atomic E-state index is -4.46. The molecule has 0 saturated carbocycles. The number of methoxy groups -OCH3 is 1. The highest BCUT2D eigenvalue weighted by atomic mass is 19.4. The Labute approximate surface area is 147 Å². The molecule has 0 spiro atoms. The fraction of sp³-hybridized carbons (Fsp3) is 0.263. The Kier molecular flexibility index (Phi) is 4.71. The molecule has 0 fully saturated rings. The highest BCUT2D eigenvalue weighted by molar-refractivity contribution is 5.94. The summed E-state index contributed by atoms with van der Waals surface area (Å²) < 4.78 is 44.6. The zero-order chi connectivity index (χ0) is 18.9. The predicted octanol–water partition coefficient (Wildman–Crippen LogP) is 4.90. The van der Waals surface area contributed by atoms with Crippen molar-refractivity contribution in [1.82, 2.24) is 4.98 Å². The summed E-state index contributed by atoms with van der Waals surface area (Å²) in [7, 11) is 1.41. The molecule has 0 unspecified atom stereocenters. The fourth-order valence-electron chi connectivity index (χ4n) is 3.17. The molecule has 7 heteroatoms. The summed E-state index contributed by atoms with van der Waals surface area (Å²) in [6.45, 7) is 0. The summed E-state index contributed by atoms with van der Waals surface area (Å²) in [5.41, 5.74) is 1.46. The number of benzene rings is 1. The molecule has 26 heavy (non-hydrogen) atoms. The van der Waals surface area contributed by atoms with E-state index in [1.807, 2.05) is 0 Å². The minimum Gasteiger partial charge on any atom is -0.496 e. The van der Waals surface area contributed by atoms with Gasteiger partial charge in [0.05, 0.1) is 18.4 Å². The van der Waals surface area contributed by atoms with Gasteiger partial charge < -0.3 is 9.84 Å². The maximum atomic E-state index is 13.1. The van der Waals surface area contributed by atoms with Crippen molar-refractivity contribution < 1.29 is 27.8 Å². The molecular formula is C19H16F3NO3. The Morgan fingerprint density at radius 2 is 1.88 bits per heavy atom. The van der Waals surface area contributed by atoms with Gasteiger partial charge in [-0.25, -0.2) is 9.78 Å². The van der Waals surface area contributed by atoms with Crippen molar-refractivity contribution in [2.24, 2.45) is 0 Å². The number of pyridine rings is 1. The Bertz CT molecular complexity index is 888. The van der Waals surface area contributed by atoms with Crippen molar-refractivity contribution in [1.29, 1.82) is 0 Å². The van der Waals surface area contributed by atoms with Crippen molar-refractivity contribution >= 4 is 17.1 Å². The van der Waals surface area contributed by atoms with Crippen molar-refractivity contribution in [2.45, 2.75) is 25.4 Å². The SMILES string of the molecule is COc1ccc(C(F)(F)F)cc1C1=C(c2cccc(C(=O)O)n2)CCC1. The van der Waals surface area contributed by atoms with E-state index < -0.39 is 17.7 Å². The van der Waals surface area contributed by atoms with Crippen LogP contribution in [0.5, 0.6) is 5.75 Å². The molecule has 1 aromatic heterocycles. The van der Waals surface area contributed by atoms with Gasteiger partial charge in [-0.1, -0.05) is 6.07 Å². The van der Waals surface area contributed by atoms with Crippen LogP contribution >= 0.6 is 0 Å². The monoisotopic (exact) mass is 363 g/mol. The van der Waals surface area contributed by atoms with E-state index in [-0.39, 0.29) is 5.69 Å². The maximum Gasteiger partial charge on any atom is 0.416 e. The molecule has 0 radical (unpaired) electrons. The second-order valence-electron chi connectivity index (χ2n) is 5.94. The molecule has 0 aliphatic heterocycles. The topological polar surface area (TPSA) is 59.4 Å².